The first-order valence-corrected chi connectivity index (χ1v) is 5.45. The average molecular weight is 217 g/mol. The van der Waals surface area contributed by atoms with Gasteiger partial charge in [-0.1, -0.05) is 18.2 Å². The van der Waals surface area contributed by atoms with Crippen LogP contribution in [-0.2, 0) is 0 Å². The second kappa shape index (κ2) is 3.25. The summed E-state index contributed by atoms with van der Waals surface area (Å²) in [6, 6.07) is 5.77. The Morgan fingerprint density at radius 3 is 2.38 bits per heavy atom. The van der Waals surface area contributed by atoms with Gasteiger partial charge in [-0.05, 0) is 31.5 Å². The van der Waals surface area contributed by atoms with E-state index in [0.29, 0.717) is 23.2 Å². The van der Waals surface area contributed by atoms with Gasteiger partial charge in [0, 0.05) is 17.4 Å². The molecule has 3 atom stereocenters. The van der Waals surface area contributed by atoms with E-state index in [-0.39, 0.29) is 5.54 Å². The Bertz CT molecular complexity index is 448. The molecule has 0 bridgehead atoms. The summed E-state index contributed by atoms with van der Waals surface area (Å²) in [5.74, 6) is 0.656. The standard InChI is InChI=1S/C13H19N3/c1-7(2)11-12(13(11,3)16)8-4-5-9(14)10(15)6-8/h4-6,11-12H,1,14-16H2,2-3H3. The highest BCUT2D eigenvalue weighted by Gasteiger charge is 2.59. The summed E-state index contributed by atoms with van der Waals surface area (Å²) in [4.78, 5) is 0. The maximum atomic E-state index is 6.24. The minimum atomic E-state index is -0.200. The molecule has 1 aliphatic rings. The molecule has 6 N–H and O–H groups in total. The minimum Gasteiger partial charge on any atom is -0.397 e. The van der Waals surface area contributed by atoms with E-state index >= 15 is 0 Å². The Hall–Kier alpha value is -1.48. The van der Waals surface area contributed by atoms with Crippen molar-refractivity contribution >= 4 is 11.4 Å². The summed E-state index contributed by atoms with van der Waals surface area (Å²) in [7, 11) is 0. The minimum absolute atomic E-state index is 0.200. The zero-order chi connectivity index (χ0) is 12.1. The fraction of sp³-hybridized carbons (Fsp3) is 0.385. The van der Waals surface area contributed by atoms with Gasteiger partial charge in [0.2, 0.25) is 0 Å². The molecule has 2 rings (SSSR count). The fourth-order valence-corrected chi connectivity index (χ4v) is 2.69. The van der Waals surface area contributed by atoms with E-state index in [9.17, 15) is 0 Å². The Balaban J connectivity index is 2.33. The van der Waals surface area contributed by atoms with Gasteiger partial charge in [0.15, 0.2) is 0 Å². The molecule has 0 aromatic heterocycles. The van der Waals surface area contributed by atoms with E-state index in [0.717, 1.165) is 11.1 Å². The molecule has 3 unspecified atom stereocenters. The lowest BCUT2D eigenvalue weighted by molar-refractivity contribution is 0.690. The summed E-state index contributed by atoms with van der Waals surface area (Å²) in [5.41, 5.74) is 21.1. The first kappa shape index (κ1) is 11.0. The van der Waals surface area contributed by atoms with Crippen molar-refractivity contribution in [2.24, 2.45) is 11.7 Å². The summed E-state index contributed by atoms with van der Waals surface area (Å²) in [5, 5.41) is 0. The zero-order valence-electron chi connectivity index (χ0n) is 9.83. The van der Waals surface area contributed by atoms with Crippen LogP contribution in [0, 0.1) is 5.92 Å². The van der Waals surface area contributed by atoms with Gasteiger partial charge in [-0.2, -0.15) is 0 Å². The highest BCUT2D eigenvalue weighted by Crippen LogP contribution is 2.58. The molecule has 16 heavy (non-hydrogen) atoms. The van der Waals surface area contributed by atoms with Crippen LogP contribution in [0.2, 0.25) is 0 Å². The predicted octanol–water partition coefficient (Wildman–Crippen LogP) is 1.86. The van der Waals surface area contributed by atoms with Crippen LogP contribution < -0.4 is 17.2 Å². The largest absolute Gasteiger partial charge is 0.397 e. The lowest BCUT2D eigenvalue weighted by atomic mass is 10.0. The van der Waals surface area contributed by atoms with Crippen LogP contribution in [-0.4, -0.2) is 5.54 Å². The number of hydrogen-bond donors (Lipinski definition) is 3. The number of nitrogens with two attached hydrogens (primary N) is 3. The van der Waals surface area contributed by atoms with Crippen molar-refractivity contribution < 1.29 is 0 Å². The Kier molecular flexibility index (Phi) is 2.24. The Morgan fingerprint density at radius 2 is 1.94 bits per heavy atom. The van der Waals surface area contributed by atoms with Gasteiger partial charge in [-0.15, -0.1) is 0 Å². The van der Waals surface area contributed by atoms with Gasteiger partial charge < -0.3 is 17.2 Å². The molecule has 0 radical (unpaired) electrons. The highest BCUT2D eigenvalue weighted by atomic mass is 14.9. The number of nitrogen functional groups attached to an aromatic ring is 2. The third kappa shape index (κ3) is 1.48. The summed E-state index contributed by atoms with van der Waals surface area (Å²) >= 11 is 0. The fourth-order valence-electron chi connectivity index (χ4n) is 2.69. The molecule has 1 saturated carbocycles. The Labute approximate surface area is 96.3 Å². The van der Waals surface area contributed by atoms with E-state index in [1.807, 2.05) is 25.1 Å². The van der Waals surface area contributed by atoms with Gasteiger partial charge >= 0.3 is 0 Å². The monoisotopic (exact) mass is 217 g/mol. The van der Waals surface area contributed by atoms with Crippen molar-refractivity contribution in [1.29, 1.82) is 0 Å². The normalized spacial score (nSPS) is 32.4. The molecule has 1 aliphatic carbocycles. The number of rotatable bonds is 2. The molecule has 0 heterocycles. The smallest absolute Gasteiger partial charge is 0.0550 e. The predicted molar refractivity (Wildman–Crippen MR) is 68.9 cm³/mol. The highest BCUT2D eigenvalue weighted by molar-refractivity contribution is 5.65. The Morgan fingerprint density at radius 1 is 1.31 bits per heavy atom. The molecule has 0 saturated heterocycles. The van der Waals surface area contributed by atoms with Crippen LogP contribution in [0.25, 0.3) is 0 Å². The molecule has 1 aromatic carbocycles. The quantitative estimate of drug-likeness (QED) is 0.522. The third-order valence-electron chi connectivity index (χ3n) is 3.57. The summed E-state index contributed by atoms with van der Waals surface area (Å²) in [6.45, 7) is 8.08. The van der Waals surface area contributed by atoms with Crippen LogP contribution in [0.15, 0.2) is 30.4 Å². The van der Waals surface area contributed by atoms with E-state index in [1.165, 1.54) is 0 Å². The van der Waals surface area contributed by atoms with Crippen LogP contribution in [0.1, 0.15) is 25.3 Å². The van der Waals surface area contributed by atoms with Crippen LogP contribution in [0.5, 0.6) is 0 Å². The van der Waals surface area contributed by atoms with E-state index in [1.54, 1.807) is 0 Å². The van der Waals surface area contributed by atoms with E-state index in [2.05, 4.69) is 13.5 Å². The molecule has 1 aromatic rings. The lowest BCUT2D eigenvalue weighted by Gasteiger charge is -2.06. The van der Waals surface area contributed by atoms with E-state index in [4.69, 9.17) is 17.2 Å². The van der Waals surface area contributed by atoms with Crippen molar-refractivity contribution in [2.75, 3.05) is 11.5 Å². The second-order valence-electron chi connectivity index (χ2n) is 5.06. The lowest BCUT2D eigenvalue weighted by Crippen LogP contribution is -2.21. The average Bonchev–Trinajstić information content (AvgIpc) is 2.74. The number of benzene rings is 1. The SMILES string of the molecule is C=C(C)C1C(c2ccc(N)c(N)c2)C1(C)N. The van der Waals surface area contributed by atoms with Crippen molar-refractivity contribution in [2.45, 2.75) is 25.3 Å². The molecule has 3 heteroatoms. The zero-order valence-corrected chi connectivity index (χ0v) is 9.83. The molecule has 0 aliphatic heterocycles. The summed E-state index contributed by atoms with van der Waals surface area (Å²) in [6.07, 6.45) is 0. The van der Waals surface area contributed by atoms with Crippen molar-refractivity contribution in [1.82, 2.24) is 0 Å². The van der Waals surface area contributed by atoms with E-state index < -0.39 is 0 Å². The first-order valence-electron chi connectivity index (χ1n) is 5.45. The van der Waals surface area contributed by atoms with Gasteiger partial charge in [0.1, 0.15) is 0 Å². The van der Waals surface area contributed by atoms with Crippen LogP contribution >= 0.6 is 0 Å². The molecular weight excluding hydrogens is 198 g/mol. The summed E-state index contributed by atoms with van der Waals surface area (Å²) < 4.78 is 0. The molecule has 1 fully saturated rings. The van der Waals surface area contributed by atoms with Crippen molar-refractivity contribution in [3.05, 3.63) is 35.9 Å². The second-order valence-corrected chi connectivity index (χ2v) is 5.06. The van der Waals surface area contributed by atoms with Gasteiger partial charge in [-0.3, -0.25) is 0 Å². The van der Waals surface area contributed by atoms with Crippen molar-refractivity contribution in [3.63, 3.8) is 0 Å². The van der Waals surface area contributed by atoms with Crippen LogP contribution in [0.3, 0.4) is 0 Å². The topological polar surface area (TPSA) is 78.1 Å². The molecule has 3 nitrogen and oxygen atoms in total. The molecular formula is C13H19N3. The molecule has 0 amide bonds. The maximum Gasteiger partial charge on any atom is 0.0550 e. The van der Waals surface area contributed by atoms with Crippen LogP contribution in [0.4, 0.5) is 11.4 Å². The molecule has 86 valence electrons. The number of hydrogen-bond acceptors (Lipinski definition) is 3. The van der Waals surface area contributed by atoms with Gasteiger partial charge in [0.25, 0.3) is 0 Å². The number of anilines is 2. The third-order valence-corrected chi connectivity index (χ3v) is 3.57. The molecule has 0 spiro atoms. The van der Waals surface area contributed by atoms with Crippen molar-refractivity contribution in [3.8, 4) is 0 Å². The maximum absolute atomic E-state index is 6.24. The first-order chi connectivity index (χ1) is 7.35. The van der Waals surface area contributed by atoms with Gasteiger partial charge in [-0.25, -0.2) is 0 Å². The van der Waals surface area contributed by atoms with Gasteiger partial charge in [0.05, 0.1) is 11.4 Å².